The van der Waals surface area contributed by atoms with Gasteiger partial charge in [-0.2, -0.15) is 10.2 Å². The number of fused-ring (bicyclic) bond motifs is 1. The predicted octanol–water partition coefficient (Wildman–Crippen LogP) is 1.87. The van der Waals surface area contributed by atoms with Gasteiger partial charge in [-0.25, -0.2) is 0 Å². The van der Waals surface area contributed by atoms with E-state index in [0.717, 1.165) is 69.7 Å². The summed E-state index contributed by atoms with van der Waals surface area (Å²) in [6, 6.07) is 2.00. The van der Waals surface area contributed by atoms with Crippen LogP contribution in [0.1, 0.15) is 62.4 Å². The van der Waals surface area contributed by atoms with E-state index in [1.807, 2.05) is 20.7 Å². The summed E-state index contributed by atoms with van der Waals surface area (Å²) in [5.41, 5.74) is 1.82. The second-order valence-electron chi connectivity index (χ2n) is 7.81. The van der Waals surface area contributed by atoms with E-state index in [4.69, 9.17) is 4.84 Å². The largest absolute Gasteiger partial charge is 0.386 e. The molecule has 1 aromatic rings. The highest BCUT2D eigenvalue weighted by Gasteiger charge is 2.30. The van der Waals surface area contributed by atoms with E-state index in [1.165, 1.54) is 6.42 Å². The SMILES string of the molecule is O=C(CCN1CCCCO1)N1CCCn2nc([C@H](O)C3CCC3)cc2C1. The molecular formula is C19H30N4O3. The fourth-order valence-electron chi connectivity index (χ4n) is 4.04. The standard InChI is InChI=1S/C19H30N4O3/c24-18(7-11-22-9-1-2-12-26-22)21-8-4-10-23-16(14-21)13-17(20-23)19(25)15-5-3-6-15/h13,15,19,25H,1-12,14H2/t19-/m1/s1. The number of carbonyl (C=O) groups excluding carboxylic acids is 1. The molecule has 0 radical (unpaired) electrons. The zero-order valence-electron chi connectivity index (χ0n) is 15.5. The van der Waals surface area contributed by atoms with Crippen LogP contribution in [0, 0.1) is 5.92 Å². The molecule has 1 amide bonds. The van der Waals surface area contributed by atoms with Gasteiger partial charge in [-0.1, -0.05) is 6.42 Å². The van der Waals surface area contributed by atoms with Crippen molar-refractivity contribution in [2.75, 3.05) is 26.2 Å². The Morgan fingerprint density at radius 1 is 1.23 bits per heavy atom. The van der Waals surface area contributed by atoms with Gasteiger partial charge < -0.3 is 10.0 Å². The van der Waals surface area contributed by atoms with Gasteiger partial charge in [-0.05, 0) is 44.1 Å². The monoisotopic (exact) mass is 362 g/mol. The van der Waals surface area contributed by atoms with Crippen molar-refractivity contribution in [3.63, 3.8) is 0 Å². The molecule has 0 unspecified atom stereocenters. The van der Waals surface area contributed by atoms with Crippen molar-refractivity contribution in [3.05, 3.63) is 17.5 Å². The van der Waals surface area contributed by atoms with Crippen LogP contribution in [0.3, 0.4) is 0 Å². The predicted molar refractivity (Wildman–Crippen MR) is 95.9 cm³/mol. The zero-order chi connectivity index (χ0) is 17.9. The number of nitrogens with zero attached hydrogens (tertiary/aromatic N) is 4. The van der Waals surface area contributed by atoms with Crippen LogP contribution in [0.15, 0.2) is 6.07 Å². The molecular weight excluding hydrogens is 332 g/mol. The Kier molecular flexibility index (Phi) is 5.57. The Balaban J connectivity index is 1.35. The van der Waals surface area contributed by atoms with E-state index < -0.39 is 6.10 Å². The lowest BCUT2D eigenvalue weighted by atomic mass is 9.80. The van der Waals surface area contributed by atoms with Crippen LogP contribution in [0.25, 0.3) is 0 Å². The second kappa shape index (κ2) is 8.06. The highest BCUT2D eigenvalue weighted by Crippen LogP contribution is 2.37. The molecule has 0 spiro atoms. The molecule has 26 heavy (non-hydrogen) atoms. The number of hydrogen-bond acceptors (Lipinski definition) is 5. The summed E-state index contributed by atoms with van der Waals surface area (Å²) in [6.07, 6.45) is 6.57. The molecule has 0 bridgehead atoms. The molecule has 1 saturated heterocycles. The van der Waals surface area contributed by atoms with E-state index in [-0.39, 0.29) is 5.91 Å². The van der Waals surface area contributed by atoms with Crippen LogP contribution in [0.4, 0.5) is 0 Å². The number of hydroxylamine groups is 2. The average Bonchev–Trinajstić information content (AvgIpc) is 2.91. The van der Waals surface area contributed by atoms with Crippen molar-refractivity contribution in [3.8, 4) is 0 Å². The number of amides is 1. The molecule has 4 rings (SSSR count). The van der Waals surface area contributed by atoms with Gasteiger partial charge in [-0.15, -0.1) is 0 Å². The fourth-order valence-corrected chi connectivity index (χ4v) is 4.04. The van der Waals surface area contributed by atoms with Gasteiger partial charge in [0.25, 0.3) is 0 Å². The van der Waals surface area contributed by atoms with E-state index in [9.17, 15) is 9.90 Å². The molecule has 1 saturated carbocycles. The maximum Gasteiger partial charge on any atom is 0.224 e. The molecule has 1 atom stereocenters. The van der Waals surface area contributed by atoms with Crippen LogP contribution in [-0.2, 0) is 22.7 Å². The molecule has 2 aliphatic heterocycles. The Bertz CT molecular complexity index is 622. The number of aryl methyl sites for hydroxylation is 1. The van der Waals surface area contributed by atoms with Crippen molar-refractivity contribution < 1.29 is 14.7 Å². The lowest BCUT2D eigenvalue weighted by Crippen LogP contribution is -2.36. The Labute approximate surface area is 154 Å². The number of aliphatic hydroxyl groups excluding tert-OH is 1. The quantitative estimate of drug-likeness (QED) is 0.866. The molecule has 7 heteroatoms. The molecule has 7 nitrogen and oxygen atoms in total. The van der Waals surface area contributed by atoms with Crippen molar-refractivity contribution in [2.24, 2.45) is 5.92 Å². The topological polar surface area (TPSA) is 70.8 Å². The van der Waals surface area contributed by atoms with E-state index in [0.29, 0.717) is 25.4 Å². The summed E-state index contributed by atoms with van der Waals surface area (Å²) in [5, 5.41) is 17.0. The first kappa shape index (κ1) is 17.9. The molecule has 0 aromatic carbocycles. The highest BCUT2D eigenvalue weighted by atomic mass is 16.7. The molecule has 1 N–H and O–H groups in total. The van der Waals surface area contributed by atoms with Gasteiger partial charge >= 0.3 is 0 Å². The highest BCUT2D eigenvalue weighted by molar-refractivity contribution is 5.76. The van der Waals surface area contributed by atoms with Crippen molar-refractivity contribution >= 4 is 5.91 Å². The lowest BCUT2D eigenvalue weighted by Gasteiger charge is -2.29. The smallest absolute Gasteiger partial charge is 0.224 e. The third kappa shape index (κ3) is 3.94. The Hall–Kier alpha value is -1.44. The van der Waals surface area contributed by atoms with E-state index in [1.54, 1.807) is 0 Å². The first-order chi connectivity index (χ1) is 12.7. The van der Waals surface area contributed by atoms with Crippen molar-refractivity contribution in [1.82, 2.24) is 19.7 Å². The fraction of sp³-hybridized carbons (Fsp3) is 0.789. The molecule has 1 aliphatic carbocycles. The number of aromatic nitrogens is 2. The van der Waals surface area contributed by atoms with Crippen LogP contribution >= 0.6 is 0 Å². The second-order valence-corrected chi connectivity index (χ2v) is 7.81. The summed E-state index contributed by atoms with van der Waals surface area (Å²) in [5.74, 6) is 0.534. The Morgan fingerprint density at radius 2 is 2.12 bits per heavy atom. The minimum atomic E-state index is -0.455. The maximum absolute atomic E-state index is 12.7. The first-order valence-corrected chi connectivity index (χ1v) is 10.1. The van der Waals surface area contributed by atoms with Crippen LogP contribution < -0.4 is 0 Å². The number of rotatable bonds is 5. The number of hydrogen-bond donors (Lipinski definition) is 1. The van der Waals surface area contributed by atoms with Crippen LogP contribution in [0.5, 0.6) is 0 Å². The zero-order valence-corrected chi connectivity index (χ0v) is 15.5. The van der Waals surface area contributed by atoms with E-state index >= 15 is 0 Å². The van der Waals surface area contributed by atoms with Crippen LogP contribution in [0.2, 0.25) is 0 Å². The van der Waals surface area contributed by atoms with Crippen molar-refractivity contribution in [2.45, 2.75) is 64.1 Å². The summed E-state index contributed by atoms with van der Waals surface area (Å²) in [6.45, 7) is 4.52. The van der Waals surface area contributed by atoms with Crippen LogP contribution in [-0.4, -0.2) is 57.0 Å². The van der Waals surface area contributed by atoms with E-state index in [2.05, 4.69) is 5.10 Å². The minimum absolute atomic E-state index is 0.176. The third-order valence-corrected chi connectivity index (χ3v) is 5.94. The summed E-state index contributed by atoms with van der Waals surface area (Å²) in [7, 11) is 0. The maximum atomic E-state index is 12.7. The number of carbonyl (C=O) groups is 1. The lowest BCUT2D eigenvalue weighted by molar-refractivity contribution is -0.182. The third-order valence-electron chi connectivity index (χ3n) is 5.94. The average molecular weight is 362 g/mol. The normalized spacial score (nSPS) is 23.2. The van der Waals surface area contributed by atoms with Gasteiger partial charge in [0.15, 0.2) is 0 Å². The van der Waals surface area contributed by atoms with Gasteiger partial charge in [0.05, 0.1) is 24.5 Å². The van der Waals surface area contributed by atoms with Gasteiger partial charge in [0.2, 0.25) is 5.91 Å². The van der Waals surface area contributed by atoms with Gasteiger partial charge in [0, 0.05) is 32.6 Å². The first-order valence-electron chi connectivity index (χ1n) is 10.1. The Morgan fingerprint density at radius 3 is 2.85 bits per heavy atom. The van der Waals surface area contributed by atoms with Gasteiger partial charge in [0.1, 0.15) is 6.10 Å². The molecule has 3 heterocycles. The molecule has 3 aliphatic rings. The summed E-state index contributed by atoms with van der Waals surface area (Å²) in [4.78, 5) is 20.2. The molecule has 144 valence electrons. The molecule has 2 fully saturated rings. The van der Waals surface area contributed by atoms with Crippen molar-refractivity contribution in [1.29, 1.82) is 0 Å². The van der Waals surface area contributed by atoms with Gasteiger partial charge in [-0.3, -0.25) is 14.3 Å². The number of aliphatic hydroxyl groups is 1. The summed E-state index contributed by atoms with van der Waals surface area (Å²) < 4.78 is 1.98. The molecule has 1 aromatic heterocycles. The summed E-state index contributed by atoms with van der Waals surface area (Å²) >= 11 is 0. The minimum Gasteiger partial charge on any atom is -0.386 e.